The Morgan fingerprint density at radius 2 is 1.74 bits per heavy atom. The van der Waals surface area contributed by atoms with Crippen LogP contribution in [0.25, 0.3) is 22.4 Å². The average Bonchev–Trinajstić information content (AvgIpc) is 2.86. The van der Waals surface area contributed by atoms with Crippen LogP contribution in [0.15, 0.2) is 60.8 Å². The normalized spacial score (nSPS) is 14.7. The van der Waals surface area contributed by atoms with Gasteiger partial charge in [0, 0.05) is 35.3 Å². The lowest BCUT2D eigenvalue weighted by Crippen LogP contribution is -2.37. The molecule has 3 aromatic rings. The number of benzene rings is 2. The molecule has 0 saturated carbocycles. The molecule has 0 spiro atoms. The Morgan fingerprint density at radius 3 is 2.38 bits per heavy atom. The van der Waals surface area contributed by atoms with E-state index < -0.39 is 0 Å². The lowest BCUT2D eigenvalue weighted by atomic mass is 9.94. The molecular formula is C28H31ClN2O3. The zero-order valence-electron chi connectivity index (χ0n) is 19.8. The Hall–Kier alpha value is -2.89. The zero-order valence-corrected chi connectivity index (χ0v) is 20.6. The molecule has 2 aromatic carbocycles. The first-order valence-electron chi connectivity index (χ1n) is 11.8. The number of esters is 1. The molecule has 5 nitrogen and oxygen atoms in total. The Kier molecular flexibility index (Phi) is 8.20. The molecule has 1 fully saturated rings. The van der Waals surface area contributed by atoms with Crippen molar-refractivity contribution in [3.8, 4) is 28.1 Å². The molecule has 0 unspecified atom stereocenters. The van der Waals surface area contributed by atoms with Crippen LogP contribution in [-0.4, -0.2) is 49.2 Å². The van der Waals surface area contributed by atoms with Crippen molar-refractivity contribution in [3.05, 3.63) is 71.4 Å². The molecular weight excluding hydrogens is 448 g/mol. The van der Waals surface area contributed by atoms with E-state index in [1.807, 2.05) is 42.6 Å². The van der Waals surface area contributed by atoms with E-state index in [0.29, 0.717) is 18.9 Å². The van der Waals surface area contributed by atoms with E-state index in [9.17, 15) is 4.79 Å². The molecule has 0 N–H and O–H groups in total. The highest BCUT2D eigenvalue weighted by Gasteiger charge is 2.21. The fourth-order valence-corrected chi connectivity index (χ4v) is 4.49. The minimum absolute atomic E-state index is 0.103. The van der Waals surface area contributed by atoms with Crippen LogP contribution in [-0.2, 0) is 9.53 Å². The summed E-state index contributed by atoms with van der Waals surface area (Å²) in [5, 5.41) is 0.728. The van der Waals surface area contributed by atoms with Crippen LogP contribution in [0.4, 0.5) is 0 Å². The molecule has 4 rings (SSSR count). The second-order valence-corrected chi connectivity index (χ2v) is 9.27. The first-order chi connectivity index (χ1) is 16.5. The van der Waals surface area contributed by atoms with E-state index in [0.717, 1.165) is 71.2 Å². The maximum absolute atomic E-state index is 11.5. The van der Waals surface area contributed by atoms with Gasteiger partial charge in [0.05, 0.1) is 12.8 Å². The van der Waals surface area contributed by atoms with Crippen LogP contribution in [0.1, 0.15) is 24.8 Å². The molecule has 1 aliphatic heterocycles. The van der Waals surface area contributed by atoms with Crippen LogP contribution in [0.5, 0.6) is 5.75 Å². The van der Waals surface area contributed by atoms with Crippen molar-refractivity contribution in [1.82, 2.24) is 9.88 Å². The van der Waals surface area contributed by atoms with Gasteiger partial charge in [0.25, 0.3) is 0 Å². The van der Waals surface area contributed by atoms with Crippen LogP contribution < -0.4 is 4.74 Å². The van der Waals surface area contributed by atoms with Gasteiger partial charge in [0.2, 0.25) is 0 Å². The summed E-state index contributed by atoms with van der Waals surface area (Å²) < 4.78 is 10.9. The SMILES string of the molecule is COC(=O)CC1CCN(CCOc2ccc(-c3ccc(-c4ccc(Cl)cc4)cn3)cc2C)CC1. The maximum Gasteiger partial charge on any atom is 0.305 e. The van der Waals surface area contributed by atoms with Crippen molar-refractivity contribution in [1.29, 1.82) is 0 Å². The number of rotatable bonds is 8. The second kappa shape index (κ2) is 11.5. The maximum atomic E-state index is 11.5. The number of hydrogen-bond donors (Lipinski definition) is 0. The Morgan fingerprint density at radius 1 is 1.03 bits per heavy atom. The van der Waals surface area contributed by atoms with E-state index in [1.54, 1.807) is 0 Å². The van der Waals surface area contributed by atoms with E-state index in [2.05, 4.69) is 35.0 Å². The number of pyridine rings is 1. The molecule has 1 aliphatic rings. The zero-order chi connectivity index (χ0) is 23.9. The minimum atomic E-state index is -0.103. The Labute approximate surface area is 206 Å². The van der Waals surface area contributed by atoms with Gasteiger partial charge in [-0.15, -0.1) is 0 Å². The van der Waals surface area contributed by atoms with Gasteiger partial charge < -0.3 is 9.47 Å². The van der Waals surface area contributed by atoms with Gasteiger partial charge in [0.1, 0.15) is 12.4 Å². The largest absolute Gasteiger partial charge is 0.492 e. The van der Waals surface area contributed by atoms with Gasteiger partial charge in [-0.25, -0.2) is 0 Å². The topological polar surface area (TPSA) is 51.7 Å². The second-order valence-electron chi connectivity index (χ2n) is 8.83. The van der Waals surface area contributed by atoms with Gasteiger partial charge in [-0.2, -0.15) is 0 Å². The summed E-state index contributed by atoms with van der Waals surface area (Å²) in [6.07, 6.45) is 4.50. The minimum Gasteiger partial charge on any atom is -0.492 e. The van der Waals surface area contributed by atoms with E-state index in [1.165, 1.54) is 7.11 Å². The van der Waals surface area contributed by atoms with Gasteiger partial charge in [-0.05, 0) is 86.3 Å². The first kappa shape index (κ1) is 24.2. The fraction of sp³-hybridized carbons (Fsp3) is 0.357. The summed E-state index contributed by atoms with van der Waals surface area (Å²) in [7, 11) is 1.46. The summed E-state index contributed by atoms with van der Waals surface area (Å²) in [5.74, 6) is 1.24. The van der Waals surface area contributed by atoms with Crippen LogP contribution >= 0.6 is 11.6 Å². The van der Waals surface area contributed by atoms with Crippen molar-refractivity contribution in [3.63, 3.8) is 0 Å². The van der Waals surface area contributed by atoms with Crippen molar-refractivity contribution in [2.24, 2.45) is 5.92 Å². The number of methoxy groups -OCH3 is 1. The molecule has 1 saturated heterocycles. The third-order valence-corrected chi connectivity index (χ3v) is 6.72. The summed E-state index contributed by atoms with van der Waals surface area (Å²) in [6, 6.07) is 18.1. The summed E-state index contributed by atoms with van der Waals surface area (Å²) in [5.41, 5.74) is 5.25. The van der Waals surface area contributed by atoms with Crippen LogP contribution in [0.2, 0.25) is 5.02 Å². The number of carbonyl (C=O) groups is 1. The van der Waals surface area contributed by atoms with Crippen molar-refractivity contribution in [2.45, 2.75) is 26.2 Å². The highest BCUT2D eigenvalue weighted by atomic mass is 35.5. The highest BCUT2D eigenvalue weighted by Crippen LogP contribution is 2.28. The highest BCUT2D eigenvalue weighted by molar-refractivity contribution is 6.30. The van der Waals surface area contributed by atoms with Crippen molar-refractivity contribution < 1.29 is 14.3 Å². The van der Waals surface area contributed by atoms with E-state index >= 15 is 0 Å². The molecule has 178 valence electrons. The van der Waals surface area contributed by atoms with E-state index in [4.69, 9.17) is 21.1 Å². The molecule has 0 amide bonds. The fourth-order valence-electron chi connectivity index (χ4n) is 4.37. The lowest BCUT2D eigenvalue weighted by Gasteiger charge is -2.31. The van der Waals surface area contributed by atoms with Crippen LogP contribution in [0.3, 0.4) is 0 Å². The molecule has 6 heteroatoms. The first-order valence-corrected chi connectivity index (χ1v) is 12.1. The van der Waals surface area contributed by atoms with Gasteiger partial charge in [0.15, 0.2) is 0 Å². The molecule has 0 radical (unpaired) electrons. The molecule has 0 bridgehead atoms. The number of nitrogens with zero attached hydrogens (tertiary/aromatic N) is 2. The predicted molar refractivity (Wildman–Crippen MR) is 136 cm³/mol. The number of likely N-dealkylation sites (tertiary alicyclic amines) is 1. The number of halogens is 1. The number of carbonyl (C=O) groups excluding carboxylic acids is 1. The molecule has 0 atom stereocenters. The van der Waals surface area contributed by atoms with Crippen LogP contribution in [0, 0.1) is 12.8 Å². The number of aryl methyl sites for hydroxylation is 1. The third kappa shape index (κ3) is 6.37. The molecule has 0 aliphatic carbocycles. The average molecular weight is 479 g/mol. The van der Waals surface area contributed by atoms with Gasteiger partial charge in [-0.1, -0.05) is 29.8 Å². The summed E-state index contributed by atoms with van der Waals surface area (Å²) in [6.45, 7) is 5.61. The summed E-state index contributed by atoms with van der Waals surface area (Å²) >= 11 is 5.99. The standard InChI is InChI=1S/C28H31ClN2O3/c1-20-17-23(26-9-5-24(19-30-26)22-3-7-25(29)8-4-22)6-10-27(20)34-16-15-31-13-11-21(12-14-31)18-28(32)33-2/h3-10,17,19,21H,11-16,18H2,1-2H3. The van der Waals surface area contributed by atoms with Gasteiger partial charge >= 0.3 is 5.97 Å². The summed E-state index contributed by atoms with van der Waals surface area (Å²) in [4.78, 5) is 18.5. The van der Waals surface area contributed by atoms with E-state index in [-0.39, 0.29) is 5.97 Å². The molecule has 34 heavy (non-hydrogen) atoms. The number of hydrogen-bond acceptors (Lipinski definition) is 5. The smallest absolute Gasteiger partial charge is 0.305 e. The number of piperidine rings is 1. The Balaban J connectivity index is 1.28. The predicted octanol–water partition coefficient (Wildman–Crippen LogP) is 6.03. The quantitative estimate of drug-likeness (QED) is 0.370. The Bertz CT molecular complexity index is 1090. The molecule has 2 heterocycles. The van der Waals surface area contributed by atoms with Crippen molar-refractivity contribution in [2.75, 3.05) is 33.4 Å². The number of aromatic nitrogens is 1. The van der Waals surface area contributed by atoms with Gasteiger partial charge in [-0.3, -0.25) is 14.7 Å². The molecule has 1 aromatic heterocycles. The number of ether oxygens (including phenoxy) is 2. The monoisotopic (exact) mass is 478 g/mol. The third-order valence-electron chi connectivity index (χ3n) is 6.47. The van der Waals surface area contributed by atoms with Crippen molar-refractivity contribution >= 4 is 17.6 Å². The lowest BCUT2D eigenvalue weighted by molar-refractivity contribution is -0.142.